The normalized spacial score (nSPS) is 29.6. The van der Waals surface area contributed by atoms with Crippen molar-refractivity contribution < 1.29 is 4.42 Å². The van der Waals surface area contributed by atoms with Gasteiger partial charge in [0.05, 0.1) is 0 Å². The van der Waals surface area contributed by atoms with Gasteiger partial charge in [-0.25, -0.2) is 0 Å². The number of aryl methyl sites for hydroxylation is 2. The highest BCUT2D eigenvalue weighted by molar-refractivity contribution is 5.24. The van der Waals surface area contributed by atoms with Crippen molar-refractivity contribution in [3.63, 3.8) is 0 Å². The first-order valence-corrected chi connectivity index (χ1v) is 8.16. The Labute approximate surface area is 122 Å². The molecule has 3 heteroatoms. The lowest BCUT2D eigenvalue weighted by molar-refractivity contribution is 0.0797. The van der Waals surface area contributed by atoms with E-state index >= 15 is 0 Å². The Hall–Kier alpha value is -0.800. The zero-order valence-corrected chi connectivity index (χ0v) is 13.3. The molecule has 3 atom stereocenters. The van der Waals surface area contributed by atoms with Crippen LogP contribution in [0.25, 0.3) is 0 Å². The van der Waals surface area contributed by atoms with E-state index < -0.39 is 0 Å². The van der Waals surface area contributed by atoms with E-state index in [1.807, 2.05) is 6.92 Å². The molecule has 112 valence electrons. The molecule has 2 heterocycles. The van der Waals surface area contributed by atoms with Crippen molar-refractivity contribution in [2.24, 2.45) is 5.92 Å². The Kier molecular flexibility index (Phi) is 3.91. The second-order valence-electron chi connectivity index (χ2n) is 6.66. The van der Waals surface area contributed by atoms with Crippen LogP contribution in [0.4, 0.5) is 0 Å². The van der Waals surface area contributed by atoms with E-state index in [9.17, 15) is 0 Å². The summed E-state index contributed by atoms with van der Waals surface area (Å²) in [6.07, 6.45) is 4.05. The predicted molar refractivity (Wildman–Crippen MR) is 81.9 cm³/mol. The van der Waals surface area contributed by atoms with Crippen molar-refractivity contribution in [3.05, 3.63) is 23.2 Å². The summed E-state index contributed by atoms with van der Waals surface area (Å²) >= 11 is 0. The smallest absolute Gasteiger partial charge is 0.105 e. The molecule has 2 fully saturated rings. The van der Waals surface area contributed by atoms with Gasteiger partial charge in [-0.1, -0.05) is 6.92 Å². The molecule has 2 aliphatic rings. The van der Waals surface area contributed by atoms with E-state index in [0.717, 1.165) is 24.0 Å². The molecule has 0 spiro atoms. The first-order valence-electron chi connectivity index (χ1n) is 8.16. The Morgan fingerprint density at radius 1 is 1.40 bits per heavy atom. The van der Waals surface area contributed by atoms with Crippen LogP contribution in [0.15, 0.2) is 10.5 Å². The SMILES string of the molecule is CCC1CNC(C2CC2)CN1C(C)c1cc(C)oc1C. The third-order valence-electron chi connectivity index (χ3n) is 5.18. The van der Waals surface area contributed by atoms with Crippen molar-refractivity contribution in [3.8, 4) is 0 Å². The number of furan rings is 1. The van der Waals surface area contributed by atoms with Crippen LogP contribution in [0.3, 0.4) is 0 Å². The second-order valence-corrected chi connectivity index (χ2v) is 6.66. The van der Waals surface area contributed by atoms with Crippen molar-refractivity contribution in [2.75, 3.05) is 13.1 Å². The van der Waals surface area contributed by atoms with Crippen molar-refractivity contribution in [1.29, 1.82) is 0 Å². The molecule has 3 rings (SSSR count). The minimum absolute atomic E-state index is 0.459. The van der Waals surface area contributed by atoms with Crippen LogP contribution in [0.1, 0.15) is 56.2 Å². The summed E-state index contributed by atoms with van der Waals surface area (Å²) in [5, 5.41) is 3.77. The minimum atomic E-state index is 0.459. The molecule has 1 aliphatic heterocycles. The highest BCUT2D eigenvalue weighted by Gasteiger charge is 2.38. The van der Waals surface area contributed by atoms with Gasteiger partial charge >= 0.3 is 0 Å². The zero-order chi connectivity index (χ0) is 14.3. The van der Waals surface area contributed by atoms with E-state index in [1.165, 1.54) is 31.4 Å². The van der Waals surface area contributed by atoms with Crippen LogP contribution in [0.2, 0.25) is 0 Å². The summed E-state index contributed by atoms with van der Waals surface area (Å²) in [5.41, 5.74) is 1.37. The molecule has 1 saturated carbocycles. The Morgan fingerprint density at radius 3 is 2.70 bits per heavy atom. The number of piperazine rings is 1. The van der Waals surface area contributed by atoms with Gasteiger partial charge in [-0.2, -0.15) is 0 Å². The molecule has 1 aliphatic carbocycles. The fraction of sp³-hybridized carbons (Fsp3) is 0.765. The fourth-order valence-electron chi connectivity index (χ4n) is 3.76. The van der Waals surface area contributed by atoms with Gasteiger partial charge in [0.2, 0.25) is 0 Å². The maximum Gasteiger partial charge on any atom is 0.105 e. The molecule has 1 saturated heterocycles. The standard InChI is InChI=1S/C17H28N2O/c1-5-15-9-18-17(14-6-7-14)10-19(15)12(3)16-8-11(2)20-13(16)4/h8,12,14-15,17-18H,5-7,9-10H2,1-4H3. The highest BCUT2D eigenvalue weighted by Crippen LogP contribution is 2.37. The molecule has 3 nitrogen and oxygen atoms in total. The average molecular weight is 276 g/mol. The highest BCUT2D eigenvalue weighted by atomic mass is 16.3. The van der Waals surface area contributed by atoms with Crippen LogP contribution >= 0.6 is 0 Å². The lowest BCUT2D eigenvalue weighted by Crippen LogP contribution is -2.57. The van der Waals surface area contributed by atoms with Gasteiger partial charge in [0.1, 0.15) is 11.5 Å². The van der Waals surface area contributed by atoms with Crippen LogP contribution < -0.4 is 5.32 Å². The van der Waals surface area contributed by atoms with E-state index in [-0.39, 0.29) is 0 Å². The third kappa shape index (κ3) is 2.66. The third-order valence-corrected chi connectivity index (χ3v) is 5.18. The molecular formula is C17H28N2O. The van der Waals surface area contributed by atoms with Gasteiger partial charge in [0.15, 0.2) is 0 Å². The quantitative estimate of drug-likeness (QED) is 0.913. The van der Waals surface area contributed by atoms with Gasteiger partial charge in [0, 0.05) is 36.8 Å². The molecule has 1 aromatic heterocycles. The molecular weight excluding hydrogens is 248 g/mol. The molecule has 1 aromatic rings. The summed E-state index contributed by atoms with van der Waals surface area (Å²) in [7, 11) is 0. The number of nitrogens with zero attached hydrogens (tertiary/aromatic N) is 1. The summed E-state index contributed by atoms with van der Waals surface area (Å²) < 4.78 is 5.74. The Bertz CT molecular complexity index is 464. The van der Waals surface area contributed by atoms with E-state index in [2.05, 4.69) is 37.1 Å². The predicted octanol–water partition coefficient (Wildman–Crippen LogP) is 3.42. The average Bonchev–Trinajstić information content (AvgIpc) is 3.23. The fourth-order valence-corrected chi connectivity index (χ4v) is 3.76. The minimum Gasteiger partial charge on any atom is -0.466 e. The molecule has 20 heavy (non-hydrogen) atoms. The van der Waals surface area contributed by atoms with E-state index in [0.29, 0.717) is 18.1 Å². The topological polar surface area (TPSA) is 28.4 Å². The molecule has 0 aromatic carbocycles. The molecule has 3 unspecified atom stereocenters. The van der Waals surface area contributed by atoms with Crippen molar-refractivity contribution in [2.45, 2.75) is 65.1 Å². The largest absolute Gasteiger partial charge is 0.466 e. The number of nitrogens with one attached hydrogen (secondary N) is 1. The maximum atomic E-state index is 5.74. The monoisotopic (exact) mass is 276 g/mol. The van der Waals surface area contributed by atoms with Crippen LogP contribution in [0.5, 0.6) is 0 Å². The summed E-state index contributed by atoms with van der Waals surface area (Å²) in [6, 6.07) is 4.03. The molecule has 0 bridgehead atoms. The maximum absolute atomic E-state index is 5.74. The molecule has 1 N–H and O–H groups in total. The van der Waals surface area contributed by atoms with Gasteiger partial charge in [-0.3, -0.25) is 4.90 Å². The lowest BCUT2D eigenvalue weighted by Gasteiger charge is -2.43. The van der Waals surface area contributed by atoms with Crippen LogP contribution in [0, 0.1) is 19.8 Å². The van der Waals surface area contributed by atoms with Crippen LogP contribution in [-0.2, 0) is 0 Å². The first-order chi connectivity index (χ1) is 9.60. The van der Waals surface area contributed by atoms with Gasteiger partial charge in [0.25, 0.3) is 0 Å². The zero-order valence-electron chi connectivity index (χ0n) is 13.3. The first kappa shape index (κ1) is 14.2. The van der Waals surface area contributed by atoms with Crippen molar-refractivity contribution >= 4 is 0 Å². The second kappa shape index (κ2) is 5.53. The van der Waals surface area contributed by atoms with Crippen LogP contribution in [-0.4, -0.2) is 30.1 Å². The van der Waals surface area contributed by atoms with Gasteiger partial charge < -0.3 is 9.73 Å². The van der Waals surface area contributed by atoms with Gasteiger partial charge in [-0.15, -0.1) is 0 Å². The molecule has 0 radical (unpaired) electrons. The summed E-state index contributed by atoms with van der Waals surface area (Å²) in [4.78, 5) is 2.71. The summed E-state index contributed by atoms with van der Waals surface area (Å²) in [6.45, 7) is 11.1. The Morgan fingerprint density at radius 2 is 2.15 bits per heavy atom. The number of rotatable bonds is 4. The number of hydrogen-bond donors (Lipinski definition) is 1. The Balaban J connectivity index is 1.78. The van der Waals surface area contributed by atoms with Crippen molar-refractivity contribution in [1.82, 2.24) is 10.2 Å². The van der Waals surface area contributed by atoms with E-state index in [1.54, 1.807) is 0 Å². The molecule has 0 amide bonds. The van der Waals surface area contributed by atoms with Gasteiger partial charge in [-0.05, 0) is 52.0 Å². The summed E-state index contributed by atoms with van der Waals surface area (Å²) in [5.74, 6) is 3.05. The lowest BCUT2D eigenvalue weighted by atomic mass is 9.98. The number of hydrogen-bond acceptors (Lipinski definition) is 3. The van der Waals surface area contributed by atoms with E-state index in [4.69, 9.17) is 4.42 Å².